The van der Waals surface area contributed by atoms with Gasteiger partial charge in [0, 0.05) is 11.9 Å². The predicted molar refractivity (Wildman–Crippen MR) is 70.7 cm³/mol. The third kappa shape index (κ3) is 3.48. The Morgan fingerprint density at radius 3 is 2.67 bits per heavy atom. The number of nitrogens with one attached hydrogen (secondary N) is 1. The number of alkyl halides is 4. The molecule has 0 radical (unpaired) electrons. The second kappa shape index (κ2) is 6.22. The van der Waals surface area contributed by atoms with E-state index >= 15 is 0 Å². The van der Waals surface area contributed by atoms with Crippen LogP contribution in [0.4, 0.5) is 17.6 Å². The first-order valence-corrected chi connectivity index (χ1v) is 7.10. The molecule has 1 aromatic rings. The van der Waals surface area contributed by atoms with E-state index in [1.807, 2.05) is 0 Å². The molecule has 1 aliphatic carbocycles. The van der Waals surface area contributed by atoms with Crippen molar-refractivity contribution in [2.45, 2.75) is 31.5 Å². The first kappa shape index (κ1) is 16.1. The Bertz CT molecular complexity index is 532. The molecule has 0 bridgehead atoms. The number of amides is 1. The van der Waals surface area contributed by atoms with Crippen LogP contribution in [0, 0.1) is 11.7 Å². The van der Waals surface area contributed by atoms with E-state index in [0.29, 0.717) is 18.4 Å². The lowest BCUT2D eigenvalue weighted by atomic mass is 10.0. The van der Waals surface area contributed by atoms with Crippen molar-refractivity contribution in [1.82, 2.24) is 5.32 Å². The normalized spacial score (nSPS) is 22.3. The monoisotopic (exact) mass is 323 g/mol. The Hall–Kier alpha value is -1.30. The Kier molecular flexibility index (Phi) is 4.76. The molecule has 7 heteroatoms. The van der Waals surface area contributed by atoms with E-state index in [2.05, 4.69) is 5.32 Å². The molecule has 1 amide bonds. The van der Waals surface area contributed by atoms with Gasteiger partial charge in [-0.15, -0.1) is 11.6 Å². The summed E-state index contributed by atoms with van der Waals surface area (Å²) in [6.07, 6.45) is -2.40. The summed E-state index contributed by atoms with van der Waals surface area (Å²) in [6.45, 7) is 0. The minimum Gasteiger partial charge on any atom is -0.349 e. The SMILES string of the molecule is O=C(NC1CCCC1CCl)c1cccc(C(F)(F)F)c1F. The lowest BCUT2D eigenvalue weighted by molar-refractivity contribution is -0.140. The van der Waals surface area contributed by atoms with Gasteiger partial charge in [-0.2, -0.15) is 13.2 Å². The van der Waals surface area contributed by atoms with Crippen LogP contribution >= 0.6 is 11.6 Å². The first-order chi connectivity index (χ1) is 9.84. The van der Waals surface area contributed by atoms with Crippen molar-refractivity contribution >= 4 is 17.5 Å². The van der Waals surface area contributed by atoms with Crippen LogP contribution in [0.1, 0.15) is 35.2 Å². The topological polar surface area (TPSA) is 29.1 Å². The summed E-state index contributed by atoms with van der Waals surface area (Å²) in [5, 5.41) is 2.58. The van der Waals surface area contributed by atoms with Crippen LogP contribution in [-0.4, -0.2) is 17.8 Å². The molecule has 0 aliphatic heterocycles. The van der Waals surface area contributed by atoms with Crippen LogP contribution in [0.5, 0.6) is 0 Å². The molecule has 1 aliphatic rings. The number of halogens is 5. The highest BCUT2D eigenvalue weighted by atomic mass is 35.5. The van der Waals surface area contributed by atoms with Crippen molar-refractivity contribution in [1.29, 1.82) is 0 Å². The highest BCUT2D eigenvalue weighted by Gasteiger charge is 2.36. The van der Waals surface area contributed by atoms with E-state index < -0.39 is 29.0 Å². The Morgan fingerprint density at radius 1 is 1.33 bits per heavy atom. The Balaban J connectivity index is 2.20. The fraction of sp³-hybridized carbons (Fsp3) is 0.500. The molecule has 2 rings (SSSR count). The van der Waals surface area contributed by atoms with Gasteiger partial charge >= 0.3 is 6.18 Å². The molecule has 2 unspecified atom stereocenters. The van der Waals surface area contributed by atoms with E-state index in [1.165, 1.54) is 0 Å². The number of hydrogen-bond donors (Lipinski definition) is 1. The molecule has 0 saturated heterocycles. The van der Waals surface area contributed by atoms with Crippen molar-refractivity contribution in [3.63, 3.8) is 0 Å². The van der Waals surface area contributed by atoms with Gasteiger partial charge in [-0.1, -0.05) is 12.5 Å². The molecule has 0 aromatic heterocycles. The van der Waals surface area contributed by atoms with E-state index in [-0.39, 0.29) is 12.0 Å². The van der Waals surface area contributed by atoms with E-state index in [9.17, 15) is 22.4 Å². The fourth-order valence-corrected chi connectivity index (χ4v) is 2.95. The molecule has 21 heavy (non-hydrogen) atoms. The lowest BCUT2D eigenvalue weighted by Gasteiger charge is -2.19. The van der Waals surface area contributed by atoms with Gasteiger partial charge in [-0.25, -0.2) is 4.39 Å². The molecular formula is C14H14ClF4NO. The lowest BCUT2D eigenvalue weighted by Crippen LogP contribution is -2.38. The van der Waals surface area contributed by atoms with Gasteiger partial charge in [0.25, 0.3) is 5.91 Å². The molecule has 1 saturated carbocycles. The molecule has 1 aromatic carbocycles. The van der Waals surface area contributed by atoms with Crippen LogP contribution in [0.3, 0.4) is 0 Å². The maximum Gasteiger partial charge on any atom is 0.419 e. The summed E-state index contributed by atoms with van der Waals surface area (Å²) in [5.74, 6) is -1.94. The first-order valence-electron chi connectivity index (χ1n) is 6.57. The molecule has 2 nitrogen and oxygen atoms in total. The van der Waals surface area contributed by atoms with E-state index in [0.717, 1.165) is 25.0 Å². The molecule has 0 spiro atoms. The average molecular weight is 324 g/mol. The van der Waals surface area contributed by atoms with Crippen molar-refractivity contribution in [2.24, 2.45) is 5.92 Å². The zero-order chi connectivity index (χ0) is 15.6. The maximum atomic E-state index is 13.9. The summed E-state index contributed by atoms with van der Waals surface area (Å²) in [5.41, 5.74) is -2.03. The van der Waals surface area contributed by atoms with Crippen molar-refractivity contribution < 1.29 is 22.4 Å². The predicted octanol–water partition coefficient (Wildman–Crippen LogP) is 3.98. The summed E-state index contributed by atoms with van der Waals surface area (Å²) >= 11 is 5.77. The minimum absolute atomic E-state index is 0.0736. The molecular weight excluding hydrogens is 310 g/mol. The van der Waals surface area contributed by atoms with Crippen LogP contribution in [0.15, 0.2) is 18.2 Å². The Morgan fingerprint density at radius 2 is 2.05 bits per heavy atom. The van der Waals surface area contributed by atoms with Gasteiger partial charge in [0.2, 0.25) is 0 Å². The molecule has 1 fully saturated rings. The highest BCUT2D eigenvalue weighted by Crippen LogP contribution is 2.33. The highest BCUT2D eigenvalue weighted by molar-refractivity contribution is 6.18. The van der Waals surface area contributed by atoms with E-state index in [1.54, 1.807) is 0 Å². The van der Waals surface area contributed by atoms with Crippen molar-refractivity contribution in [3.8, 4) is 0 Å². The van der Waals surface area contributed by atoms with Gasteiger partial charge in [-0.3, -0.25) is 4.79 Å². The number of carbonyl (C=O) groups is 1. The minimum atomic E-state index is -4.83. The molecule has 116 valence electrons. The van der Waals surface area contributed by atoms with E-state index in [4.69, 9.17) is 11.6 Å². The maximum absolute atomic E-state index is 13.9. The van der Waals surface area contributed by atoms with Crippen LogP contribution in [0.2, 0.25) is 0 Å². The van der Waals surface area contributed by atoms with Gasteiger partial charge in [0.05, 0.1) is 11.1 Å². The number of rotatable bonds is 3. The third-order valence-electron chi connectivity index (χ3n) is 3.72. The average Bonchev–Trinajstić information content (AvgIpc) is 2.84. The summed E-state index contributed by atoms with van der Waals surface area (Å²) in [4.78, 5) is 12.0. The molecule has 1 N–H and O–H groups in total. The number of hydrogen-bond acceptors (Lipinski definition) is 1. The number of carbonyl (C=O) groups excluding carboxylic acids is 1. The van der Waals surface area contributed by atoms with Gasteiger partial charge in [0.15, 0.2) is 0 Å². The number of benzene rings is 1. The molecule has 2 atom stereocenters. The van der Waals surface area contributed by atoms with Gasteiger partial charge < -0.3 is 5.32 Å². The summed E-state index contributed by atoms with van der Waals surface area (Å²) < 4.78 is 51.7. The standard InChI is InChI=1S/C14H14ClF4NO/c15-7-8-3-1-6-11(8)20-13(21)9-4-2-5-10(12(9)16)14(17,18)19/h2,4-5,8,11H,1,3,6-7H2,(H,20,21). The quantitative estimate of drug-likeness (QED) is 0.661. The van der Waals surface area contributed by atoms with Gasteiger partial charge in [-0.05, 0) is 30.9 Å². The zero-order valence-corrected chi connectivity index (χ0v) is 11.8. The third-order valence-corrected chi connectivity index (χ3v) is 4.12. The Labute approximate surface area is 124 Å². The second-order valence-corrected chi connectivity index (χ2v) is 5.40. The zero-order valence-electron chi connectivity index (χ0n) is 11.0. The van der Waals surface area contributed by atoms with Crippen molar-refractivity contribution in [2.75, 3.05) is 5.88 Å². The second-order valence-electron chi connectivity index (χ2n) is 5.09. The van der Waals surface area contributed by atoms with Crippen molar-refractivity contribution in [3.05, 3.63) is 35.1 Å². The smallest absolute Gasteiger partial charge is 0.349 e. The van der Waals surface area contributed by atoms with Crippen LogP contribution < -0.4 is 5.32 Å². The summed E-state index contributed by atoms with van der Waals surface area (Å²) in [7, 11) is 0. The van der Waals surface area contributed by atoms with Gasteiger partial charge in [0.1, 0.15) is 5.82 Å². The molecule has 0 heterocycles. The van der Waals surface area contributed by atoms with Crippen LogP contribution in [0.25, 0.3) is 0 Å². The van der Waals surface area contributed by atoms with Crippen LogP contribution in [-0.2, 0) is 6.18 Å². The summed E-state index contributed by atoms with van der Waals surface area (Å²) in [6, 6.07) is 2.46. The fourth-order valence-electron chi connectivity index (χ4n) is 2.58. The largest absolute Gasteiger partial charge is 0.419 e.